The first-order chi connectivity index (χ1) is 11.2. The molecule has 116 valence electrons. The predicted octanol–water partition coefficient (Wildman–Crippen LogP) is 2.37. The Labute approximate surface area is 130 Å². The Bertz CT molecular complexity index is 812. The lowest BCUT2D eigenvalue weighted by atomic mass is 10.1. The van der Waals surface area contributed by atoms with Gasteiger partial charge >= 0.3 is 5.97 Å². The van der Waals surface area contributed by atoms with Crippen molar-refractivity contribution < 1.29 is 19.4 Å². The normalized spacial score (nSPS) is 10.3. The second kappa shape index (κ2) is 6.14. The maximum atomic E-state index is 10.9. The number of aromatic carboxylic acids is 1. The number of methoxy groups -OCH3 is 1. The second-order valence-electron chi connectivity index (χ2n) is 4.51. The van der Waals surface area contributed by atoms with Crippen molar-refractivity contribution in [2.24, 2.45) is 0 Å². The molecule has 2 N–H and O–H groups in total. The molecule has 0 aliphatic carbocycles. The lowest BCUT2D eigenvalue weighted by Gasteiger charge is -2.06. The van der Waals surface area contributed by atoms with E-state index in [4.69, 9.17) is 14.6 Å². The molecule has 0 aliphatic rings. The number of H-pyrrole nitrogens is 1. The zero-order valence-electron chi connectivity index (χ0n) is 12.1. The van der Waals surface area contributed by atoms with E-state index >= 15 is 0 Å². The molecule has 23 heavy (non-hydrogen) atoms. The highest BCUT2D eigenvalue weighted by Crippen LogP contribution is 2.26. The van der Waals surface area contributed by atoms with Gasteiger partial charge in [0.05, 0.1) is 7.11 Å². The van der Waals surface area contributed by atoms with Crippen LogP contribution in [-0.4, -0.2) is 38.6 Å². The van der Waals surface area contributed by atoms with Crippen molar-refractivity contribution in [1.29, 1.82) is 0 Å². The highest BCUT2D eigenvalue weighted by atomic mass is 16.5. The fourth-order valence-electron chi connectivity index (χ4n) is 1.93. The summed E-state index contributed by atoms with van der Waals surface area (Å²) in [5.41, 5.74) is 1.59. The van der Waals surface area contributed by atoms with Crippen LogP contribution in [0.4, 0.5) is 0 Å². The average molecular weight is 312 g/mol. The number of hydrogen-bond acceptors (Lipinski definition) is 6. The van der Waals surface area contributed by atoms with E-state index < -0.39 is 5.97 Å². The summed E-state index contributed by atoms with van der Waals surface area (Å²) in [6.45, 7) is 0. The maximum absolute atomic E-state index is 10.9. The fourth-order valence-corrected chi connectivity index (χ4v) is 1.93. The third kappa shape index (κ3) is 3.10. The molecular formula is C15H12N4O4. The highest BCUT2D eigenvalue weighted by molar-refractivity contribution is 5.87. The maximum Gasteiger partial charge on any atom is 0.362 e. The molecule has 2 aromatic heterocycles. The van der Waals surface area contributed by atoms with Gasteiger partial charge in [-0.1, -0.05) is 17.3 Å². The Morgan fingerprint density at radius 1 is 1.13 bits per heavy atom. The van der Waals surface area contributed by atoms with Crippen molar-refractivity contribution in [3.8, 4) is 28.6 Å². The summed E-state index contributed by atoms with van der Waals surface area (Å²) in [6.07, 6.45) is 1.70. The topological polar surface area (TPSA) is 110 Å². The molecule has 8 heteroatoms. The first-order valence-corrected chi connectivity index (χ1v) is 6.60. The van der Waals surface area contributed by atoms with Crippen LogP contribution in [0.25, 0.3) is 11.1 Å². The van der Waals surface area contributed by atoms with E-state index in [0.717, 1.165) is 11.1 Å². The van der Waals surface area contributed by atoms with Gasteiger partial charge in [-0.15, -0.1) is 5.10 Å². The number of aromatic amines is 1. The largest absolute Gasteiger partial charge is 0.481 e. The molecule has 0 atom stereocenters. The van der Waals surface area contributed by atoms with Gasteiger partial charge in [0.15, 0.2) is 0 Å². The molecule has 0 spiro atoms. The summed E-state index contributed by atoms with van der Waals surface area (Å²) in [4.78, 5) is 15.1. The number of hydrogen-bond donors (Lipinski definition) is 2. The van der Waals surface area contributed by atoms with Crippen LogP contribution in [0.15, 0.2) is 42.6 Å². The molecule has 8 nitrogen and oxygen atoms in total. The van der Waals surface area contributed by atoms with Gasteiger partial charge in [-0.3, -0.25) is 0 Å². The number of rotatable bonds is 5. The number of aromatic nitrogens is 4. The van der Waals surface area contributed by atoms with Crippen molar-refractivity contribution in [1.82, 2.24) is 20.4 Å². The summed E-state index contributed by atoms with van der Waals surface area (Å²) in [5, 5.41) is 18.2. The highest BCUT2D eigenvalue weighted by Gasteiger charge is 2.16. The minimum atomic E-state index is -1.21. The van der Waals surface area contributed by atoms with Crippen LogP contribution in [0.1, 0.15) is 10.5 Å². The number of nitrogens with zero attached hydrogens (tertiary/aromatic N) is 3. The van der Waals surface area contributed by atoms with Crippen LogP contribution < -0.4 is 9.47 Å². The third-order valence-corrected chi connectivity index (χ3v) is 3.07. The van der Waals surface area contributed by atoms with Crippen molar-refractivity contribution in [3.05, 3.63) is 48.3 Å². The van der Waals surface area contributed by atoms with Gasteiger partial charge in [0.25, 0.3) is 5.88 Å². The van der Waals surface area contributed by atoms with E-state index in [1.165, 1.54) is 0 Å². The van der Waals surface area contributed by atoms with Crippen molar-refractivity contribution in [3.63, 3.8) is 0 Å². The summed E-state index contributed by atoms with van der Waals surface area (Å²) < 4.78 is 10.5. The van der Waals surface area contributed by atoms with Gasteiger partial charge in [0, 0.05) is 17.8 Å². The molecule has 0 aliphatic heterocycles. The number of pyridine rings is 1. The molecule has 3 rings (SSSR count). The molecule has 0 saturated carbocycles. The number of benzene rings is 1. The summed E-state index contributed by atoms with van der Waals surface area (Å²) in [7, 11) is 1.56. The molecule has 2 heterocycles. The zero-order chi connectivity index (χ0) is 16.2. The van der Waals surface area contributed by atoms with Crippen LogP contribution >= 0.6 is 0 Å². The Hall–Kier alpha value is -3.42. The van der Waals surface area contributed by atoms with Gasteiger partial charge in [-0.2, -0.15) is 0 Å². The number of carboxylic acid groups (broad SMARTS) is 1. The first-order valence-electron chi connectivity index (χ1n) is 6.60. The summed E-state index contributed by atoms with van der Waals surface area (Å²) >= 11 is 0. The molecular weight excluding hydrogens is 300 g/mol. The zero-order valence-corrected chi connectivity index (χ0v) is 12.1. The molecule has 0 unspecified atom stereocenters. The molecule has 0 radical (unpaired) electrons. The van der Waals surface area contributed by atoms with E-state index in [-0.39, 0.29) is 11.6 Å². The first kappa shape index (κ1) is 14.5. The lowest BCUT2D eigenvalue weighted by Crippen LogP contribution is -1.99. The Kier molecular flexibility index (Phi) is 3.88. The fraction of sp³-hybridized carbons (Fsp3) is 0.0667. The third-order valence-electron chi connectivity index (χ3n) is 3.07. The van der Waals surface area contributed by atoms with Crippen LogP contribution in [0.5, 0.6) is 17.5 Å². The van der Waals surface area contributed by atoms with E-state index in [1.54, 1.807) is 31.5 Å². The van der Waals surface area contributed by atoms with Gasteiger partial charge in [-0.25, -0.2) is 14.9 Å². The molecule has 0 saturated heterocycles. The van der Waals surface area contributed by atoms with Gasteiger partial charge in [0.1, 0.15) is 5.75 Å². The number of carbonyl (C=O) groups is 1. The lowest BCUT2D eigenvalue weighted by molar-refractivity contribution is 0.0687. The monoisotopic (exact) mass is 312 g/mol. The Morgan fingerprint density at radius 3 is 2.48 bits per heavy atom. The molecule has 0 amide bonds. The second-order valence-corrected chi connectivity index (χ2v) is 4.51. The standard InChI is InChI=1S/C15H12N4O4/c1-22-12-7-4-10(8-16-12)9-2-5-11(6-3-9)23-14-13(15(20)21)17-19-18-14/h2-8H,1H3,(H,20,21)(H,17,18,19). The van der Waals surface area contributed by atoms with Crippen molar-refractivity contribution in [2.75, 3.05) is 7.11 Å². The van der Waals surface area contributed by atoms with E-state index in [2.05, 4.69) is 20.4 Å². The smallest absolute Gasteiger partial charge is 0.362 e. The predicted molar refractivity (Wildman–Crippen MR) is 79.6 cm³/mol. The van der Waals surface area contributed by atoms with E-state index in [9.17, 15) is 4.79 Å². The van der Waals surface area contributed by atoms with Crippen molar-refractivity contribution in [2.45, 2.75) is 0 Å². The minimum absolute atomic E-state index is 0.0173. The number of nitrogens with one attached hydrogen (secondary N) is 1. The minimum Gasteiger partial charge on any atom is -0.481 e. The molecule has 0 bridgehead atoms. The Morgan fingerprint density at radius 2 is 1.87 bits per heavy atom. The number of ether oxygens (including phenoxy) is 2. The van der Waals surface area contributed by atoms with E-state index in [1.807, 2.05) is 18.2 Å². The Balaban J connectivity index is 1.78. The van der Waals surface area contributed by atoms with E-state index in [0.29, 0.717) is 11.6 Å². The summed E-state index contributed by atoms with van der Waals surface area (Å²) in [6, 6.07) is 10.8. The van der Waals surface area contributed by atoms with Gasteiger partial charge in [-0.05, 0) is 23.8 Å². The summed E-state index contributed by atoms with van der Waals surface area (Å²) in [5.74, 6) is -0.225. The van der Waals surface area contributed by atoms with Crippen LogP contribution in [0.3, 0.4) is 0 Å². The SMILES string of the molecule is COc1ccc(-c2ccc(Oc3[nH]nnc3C(=O)O)cc2)cn1. The quantitative estimate of drug-likeness (QED) is 0.744. The molecule has 0 fully saturated rings. The average Bonchev–Trinajstić information content (AvgIpc) is 3.04. The van der Waals surface area contributed by atoms with Crippen molar-refractivity contribution >= 4 is 5.97 Å². The number of carboxylic acids is 1. The van der Waals surface area contributed by atoms with Gasteiger partial charge in [0.2, 0.25) is 11.6 Å². The van der Waals surface area contributed by atoms with Crippen LogP contribution in [0, 0.1) is 0 Å². The van der Waals surface area contributed by atoms with Crippen LogP contribution in [-0.2, 0) is 0 Å². The van der Waals surface area contributed by atoms with Gasteiger partial charge < -0.3 is 14.6 Å². The molecule has 1 aromatic carbocycles. The van der Waals surface area contributed by atoms with Crippen LogP contribution in [0.2, 0.25) is 0 Å². The molecule has 3 aromatic rings.